The maximum atomic E-state index is 5.75. The minimum absolute atomic E-state index is 0.0698. The first-order chi connectivity index (χ1) is 9.43. The van der Waals surface area contributed by atoms with Crippen LogP contribution < -0.4 is 11.3 Å². The van der Waals surface area contributed by atoms with Crippen molar-refractivity contribution < 1.29 is 0 Å². The van der Waals surface area contributed by atoms with Gasteiger partial charge in [0.15, 0.2) is 0 Å². The van der Waals surface area contributed by atoms with Gasteiger partial charge in [0.2, 0.25) is 0 Å². The second kappa shape index (κ2) is 6.08. The second-order valence-electron chi connectivity index (χ2n) is 5.24. The number of rotatable bonds is 4. The number of halogens is 1. The monoisotopic (exact) mass is 336 g/mol. The van der Waals surface area contributed by atoms with Crippen molar-refractivity contribution in [3.8, 4) is 0 Å². The topological polar surface area (TPSA) is 55.9 Å². The molecule has 0 aliphatic carbocycles. The summed E-state index contributed by atoms with van der Waals surface area (Å²) < 4.78 is 2.97. The Morgan fingerprint density at radius 3 is 2.50 bits per heavy atom. The molecule has 1 atom stereocenters. The van der Waals surface area contributed by atoms with Crippen LogP contribution in [0.25, 0.3) is 0 Å². The Kier molecular flexibility index (Phi) is 4.62. The van der Waals surface area contributed by atoms with Gasteiger partial charge in [-0.05, 0) is 53.4 Å². The molecule has 0 bridgehead atoms. The van der Waals surface area contributed by atoms with E-state index in [4.69, 9.17) is 5.84 Å². The fourth-order valence-corrected chi connectivity index (χ4v) is 2.85. The number of nitrogens with two attached hydrogens (primary N) is 1. The van der Waals surface area contributed by atoms with Gasteiger partial charge in [-0.3, -0.25) is 16.0 Å². The van der Waals surface area contributed by atoms with Crippen molar-refractivity contribution in [2.75, 3.05) is 0 Å². The molecule has 0 aliphatic heterocycles. The average molecular weight is 337 g/mol. The summed E-state index contributed by atoms with van der Waals surface area (Å²) in [4.78, 5) is 0. The summed E-state index contributed by atoms with van der Waals surface area (Å²) in [5, 5.41) is 4.42. The third kappa shape index (κ3) is 2.95. The van der Waals surface area contributed by atoms with Crippen LogP contribution in [0.15, 0.2) is 22.7 Å². The first kappa shape index (κ1) is 15.2. The average Bonchev–Trinajstić information content (AvgIpc) is 2.65. The minimum Gasteiger partial charge on any atom is -0.271 e. The van der Waals surface area contributed by atoms with Gasteiger partial charge in [-0.2, -0.15) is 5.10 Å². The number of aryl methyl sites for hydroxylation is 4. The molecule has 0 saturated heterocycles. The molecule has 0 spiro atoms. The summed E-state index contributed by atoms with van der Waals surface area (Å²) in [6.45, 7) is 6.23. The van der Waals surface area contributed by atoms with Crippen LogP contribution in [0.3, 0.4) is 0 Å². The molecule has 0 aliphatic rings. The van der Waals surface area contributed by atoms with Crippen molar-refractivity contribution in [2.45, 2.75) is 33.2 Å². The molecule has 3 N–H and O–H groups in total. The molecule has 1 aromatic carbocycles. The van der Waals surface area contributed by atoms with Crippen molar-refractivity contribution >= 4 is 15.9 Å². The zero-order valence-corrected chi connectivity index (χ0v) is 14.0. The van der Waals surface area contributed by atoms with E-state index in [1.54, 1.807) is 0 Å². The number of aromatic nitrogens is 2. The normalized spacial score (nSPS) is 12.7. The summed E-state index contributed by atoms with van der Waals surface area (Å²) >= 11 is 3.61. The van der Waals surface area contributed by atoms with Crippen molar-refractivity contribution in [3.05, 3.63) is 50.8 Å². The number of hydrogen-bond acceptors (Lipinski definition) is 3. The smallest absolute Gasteiger partial charge is 0.0738 e. The van der Waals surface area contributed by atoms with E-state index in [0.717, 1.165) is 22.3 Å². The Morgan fingerprint density at radius 1 is 1.30 bits per heavy atom. The predicted octanol–water partition coefficient (Wildman–Crippen LogP) is 2.85. The first-order valence-corrected chi connectivity index (χ1v) is 7.44. The summed E-state index contributed by atoms with van der Waals surface area (Å²) in [7, 11) is 1.96. The molecule has 0 saturated carbocycles. The SMILES string of the molecule is Cc1ccc(C(Cc2c(Br)c(C)nn2C)NN)cc1C. The molecule has 5 heteroatoms. The van der Waals surface area contributed by atoms with E-state index >= 15 is 0 Å². The highest BCUT2D eigenvalue weighted by Crippen LogP contribution is 2.26. The molecule has 0 fully saturated rings. The first-order valence-electron chi connectivity index (χ1n) is 6.65. The zero-order valence-electron chi connectivity index (χ0n) is 12.4. The molecule has 108 valence electrons. The molecule has 1 unspecified atom stereocenters. The van der Waals surface area contributed by atoms with Crippen LogP contribution in [0.4, 0.5) is 0 Å². The molecule has 0 amide bonds. The summed E-state index contributed by atoms with van der Waals surface area (Å²) in [5.74, 6) is 5.75. The van der Waals surface area contributed by atoms with E-state index in [9.17, 15) is 0 Å². The van der Waals surface area contributed by atoms with Crippen molar-refractivity contribution in [3.63, 3.8) is 0 Å². The van der Waals surface area contributed by atoms with Crippen molar-refractivity contribution in [2.24, 2.45) is 12.9 Å². The Bertz CT molecular complexity index is 619. The summed E-state index contributed by atoms with van der Waals surface area (Å²) in [6, 6.07) is 6.53. The lowest BCUT2D eigenvalue weighted by Gasteiger charge is -2.18. The Hall–Kier alpha value is -1.17. The number of benzene rings is 1. The maximum Gasteiger partial charge on any atom is 0.0738 e. The van der Waals surface area contributed by atoms with E-state index in [-0.39, 0.29) is 6.04 Å². The third-order valence-electron chi connectivity index (χ3n) is 3.79. The van der Waals surface area contributed by atoms with E-state index in [0.29, 0.717) is 0 Å². The van der Waals surface area contributed by atoms with Gasteiger partial charge in [0.1, 0.15) is 0 Å². The molecule has 20 heavy (non-hydrogen) atoms. The lowest BCUT2D eigenvalue weighted by atomic mass is 9.98. The highest BCUT2D eigenvalue weighted by Gasteiger charge is 2.17. The highest BCUT2D eigenvalue weighted by atomic mass is 79.9. The van der Waals surface area contributed by atoms with Crippen molar-refractivity contribution in [1.29, 1.82) is 0 Å². The van der Waals surface area contributed by atoms with Gasteiger partial charge in [0.05, 0.1) is 21.9 Å². The standard InChI is InChI=1S/C15H21BrN4/c1-9-5-6-12(7-10(9)2)13(18-17)8-14-15(16)11(3)19-20(14)4/h5-7,13,18H,8,17H2,1-4H3. The zero-order chi connectivity index (χ0) is 14.9. The third-order valence-corrected chi connectivity index (χ3v) is 4.83. The Balaban J connectivity index is 2.31. The van der Waals surface area contributed by atoms with Crippen LogP contribution in [0.1, 0.15) is 34.1 Å². The molecule has 0 radical (unpaired) electrons. The molecular weight excluding hydrogens is 316 g/mol. The van der Waals surface area contributed by atoms with Crippen LogP contribution in [0.5, 0.6) is 0 Å². The van der Waals surface area contributed by atoms with Crippen LogP contribution in [0, 0.1) is 20.8 Å². The summed E-state index contributed by atoms with van der Waals surface area (Å²) in [5.41, 5.74) is 8.83. The fraction of sp³-hybridized carbons (Fsp3) is 0.400. The lowest BCUT2D eigenvalue weighted by molar-refractivity contribution is 0.528. The highest BCUT2D eigenvalue weighted by molar-refractivity contribution is 9.10. The van der Waals surface area contributed by atoms with E-state index in [2.05, 4.69) is 58.5 Å². The number of hydrogen-bond donors (Lipinski definition) is 2. The number of nitrogens with zero attached hydrogens (tertiary/aromatic N) is 2. The molecule has 4 nitrogen and oxygen atoms in total. The number of hydrazine groups is 1. The molecule has 1 aromatic heterocycles. The van der Waals surface area contributed by atoms with Crippen LogP contribution in [-0.2, 0) is 13.5 Å². The van der Waals surface area contributed by atoms with Gasteiger partial charge in [-0.1, -0.05) is 18.2 Å². The van der Waals surface area contributed by atoms with Crippen molar-refractivity contribution in [1.82, 2.24) is 15.2 Å². The maximum absolute atomic E-state index is 5.75. The van der Waals surface area contributed by atoms with E-state index < -0.39 is 0 Å². The molecule has 2 aromatic rings. The Labute approximate surface area is 128 Å². The van der Waals surface area contributed by atoms with Crippen LogP contribution in [0.2, 0.25) is 0 Å². The number of nitrogens with one attached hydrogen (secondary N) is 1. The van der Waals surface area contributed by atoms with Gasteiger partial charge in [-0.25, -0.2) is 0 Å². The predicted molar refractivity (Wildman–Crippen MR) is 85.3 cm³/mol. The molecular formula is C15H21BrN4. The van der Waals surface area contributed by atoms with Gasteiger partial charge in [-0.15, -0.1) is 0 Å². The Morgan fingerprint density at radius 2 is 2.00 bits per heavy atom. The van der Waals surface area contributed by atoms with E-state index in [1.807, 2.05) is 18.7 Å². The van der Waals surface area contributed by atoms with Crippen LogP contribution >= 0.6 is 15.9 Å². The van der Waals surface area contributed by atoms with Gasteiger partial charge < -0.3 is 0 Å². The second-order valence-corrected chi connectivity index (χ2v) is 6.03. The quantitative estimate of drug-likeness (QED) is 0.666. The fourth-order valence-electron chi connectivity index (χ4n) is 2.35. The van der Waals surface area contributed by atoms with Crippen LogP contribution in [-0.4, -0.2) is 9.78 Å². The van der Waals surface area contributed by atoms with Gasteiger partial charge >= 0.3 is 0 Å². The van der Waals surface area contributed by atoms with Gasteiger partial charge in [0, 0.05) is 13.5 Å². The molecule has 1 heterocycles. The van der Waals surface area contributed by atoms with E-state index in [1.165, 1.54) is 16.7 Å². The minimum atomic E-state index is 0.0698. The molecule has 2 rings (SSSR count). The largest absolute Gasteiger partial charge is 0.271 e. The summed E-state index contributed by atoms with van der Waals surface area (Å²) in [6.07, 6.45) is 0.789. The lowest BCUT2D eigenvalue weighted by Crippen LogP contribution is -2.30. The van der Waals surface area contributed by atoms with Gasteiger partial charge in [0.25, 0.3) is 0 Å².